The normalized spacial score (nSPS) is 33.7. The number of amides is 1. The second-order valence-electron chi connectivity index (χ2n) is 7.23. The first-order valence-corrected chi connectivity index (χ1v) is 8.78. The zero-order valence-corrected chi connectivity index (χ0v) is 14.1. The van der Waals surface area contributed by atoms with Crippen molar-refractivity contribution >= 4 is 5.91 Å². The van der Waals surface area contributed by atoms with Gasteiger partial charge in [0.2, 0.25) is 5.91 Å². The van der Waals surface area contributed by atoms with Gasteiger partial charge in [-0.3, -0.25) is 4.79 Å². The van der Waals surface area contributed by atoms with Crippen LogP contribution in [0.25, 0.3) is 0 Å². The first-order valence-electron chi connectivity index (χ1n) is 8.78. The average molecular weight is 295 g/mol. The molecule has 1 aliphatic heterocycles. The molecule has 0 radical (unpaired) electrons. The second-order valence-corrected chi connectivity index (χ2v) is 7.23. The zero-order chi connectivity index (χ0) is 15.5. The van der Waals surface area contributed by atoms with Gasteiger partial charge in [-0.05, 0) is 45.2 Å². The number of hydrogen-bond donors (Lipinski definition) is 1. The highest BCUT2D eigenvalue weighted by Crippen LogP contribution is 2.34. The summed E-state index contributed by atoms with van der Waals surface area (Å²) in [6.45, 7) is 11.7. The molecular formula is C17H33N3O. The Morgan fingerprint density at radius 3 is 2.62 bits per heavy atom. The summed E-state index contributed by atoms with van der Waals surface area (Å²) in [5.41, 5.74) is 6.09. The number of nitrogens with zero attached hydrogens (tertiary/aromatic N) is 2. The van der Waals surface area contributed by atoms with Crippen molar-refractivity contribution in [2.24, 2.45) is 17.6 Å². The molecule has 1 heterocycles. The van der Waals surface area contributed by atoms with Gasteiger partial charge in [0.05, 0.1) is 5.92 Å². The van der Waals surface area contributed by atoms with E-state index < -0.39 is 0 Å². The minimum Gasteiger partial charge on any atom is -0.342 e. The van der Waals surface area contributed by atoms with Crippen LogP contribution in [0.5, 0.6) is 0 Å². The van der Waals surface area contributed by atoms with E-state index in [2.05, 4.69) is 30.6 Å². The SMILES string of the molecule is CCN(CC)CC1CCN(C(=O)C2CCCCC2(C)N)C1. The fourth-order valence-corrected chi connectivity index (χ4v) is 4.01. The smallest absolute Gasteiger partial charge is 0.227 e. The van der Waals surface area contributed by atoms with E-state index in [1.807, 2.05) is 0 Å². The number of rotatable bonds is 5. The molecule has 1 aliphatic carbocycles. The van der Waals surface area contributed by atoms with Crippen LogP contribution in [0, 0.1) is 11.8 Å². The third-order valence-corrected chi connectivity index (χ3v) is 5.56. The average Bonchev–Trinajstić information content (AvgIpc) is 2.92. The summed E-state index contributed by atoms with van der Waals surface area (Å²) in [5, 5.41) is 0. The lowest BCUT2D eigenvalue weighted by Gasteiger charge is -2.39. The van der Waals surface area contributed by atoms with Crippen molar-refractivity contribution in [3.63, 3.8) is 0 Å². The maximum Gasteiger partial charge on any atom is 0.227 e. The van der Waals surface area contributed by atoms with Crippen molar-refractivity contribution < 1.29 is 4.79 Å². The fourth-order valence-electron chi connectivity index (χ4n) is 4.01. The van der Waals surface area contributed by atoms with E-state index in [0.717, 1.165) is 58.4 Å². The van der Waals surface area contributed by atoms with Gasteiger partial charge in [0.25, 0.3) is 0 Å². The molecule has 0 aromatic rings. The Bertz CT molecular complexity index is 352. The largest absolute Gasteiger partial charge is 0.342 e. The van der Waals surface area contributed by atoms with E-state index >= 15 is 0 Å². The van der Waals surface area contributed by atoms with E-state index in [1.54, 1.807) is 0 Å². The number of likely N-dealkylation sites (tertiary alicyclic amines) is 1. The maximum absolute atomic E-state index is 12.8. The highest BCUT2D eigenvalue weighted by Gasteiger charge is 2.41. The molecule has 0 bridgehead atoms. The van der Waals surface area contributed by atoms with Gasteiger partial charge in [0.15, 0.2) is 0 Å². The van der Waals surface area contributed by atoms with Crippen LogP contribution in [-0.4, -0.2) is 54.0 Å². The predicted molar refractivity (Wildman–Crippen MR) is 87.0 cm³/mol. The summed E-state index contributed by atoms with van der Waals surface area (Å²) in [7, 11) is 0. The minimum atomic E-state index is -0.299. The molecule has 1 saturated heterocycles. The van der Waals surface area contributed by atoms with Gasteiger partial charge in [-0.25, -0.2) is 0 Å². The molecule has 21 heavy (non-hydrogen) atoms. The van der Waals surface area contributed by atoms with Gasteiger partial charge in [0.1, 0.15) is 0 Å². The van der Waals surface area contributed by atoms with Crippen LogP contribution >= 0.6 is 0 Å². The summed E-state index contributed by atoms with van der Waals surface area (Å²) < 4.78 is 0. The number of carbonyl (C=O) groups is 1. The number of hydrogen-bond acceptors (Lipinski definition) is 3. The quantitative estimate of drug-likeness (QED) is 0.845. The second kappa shape index (κ2) is 7.10. The highest BCUT2D eigenvalue weighted by molar-refractivity contribution is 5.80. The molecule has 0 spiro atoms. The van der Waals surface area contributed by atoms with E-state index in [0.29, 0.717) is 11.8 Å². The van der Waals surface area contributed by atoms with Gasteiger partial charge in [-0.15, -0.1) is 0 Å². The van der Waals surface area contributed by atoms with E-state index in [4.69, 9.17) is 5.73 Å². The van der Waals surface area contributed by atoms with Gasteiger partial charge < -0.3 is 15.5 Å². The van der Waals surface area contributed by atoms with Crippen LogP contribution in [0.15, 0.2) is 0 Å². The Morgan fingerprint density at radius 1 is 1.29 bits per heavy atom. The van der Waals surface area contributed by atoms with Gasteiger partial charge in [0, 0.05) is 25.2 Å². The lowest BCUT2D eigenvalue weighted by atomic mass is 9.74. The van der Waals surface area contributed by atoms with Crippen molar-refractivity contribution in [2.75, 3.05) is 32.7 Å². The van der Waals surface area contributed by atoms with Crippen molar-refractivity contribution in [3.8, 4) is 0 Å². The van der Waals surface area contributed by atoms with Crippen molar-refractivity contribution in [3.05, 3.63) is 0 Å². The van der Waals surface area contributed by atoms with Crippen molar-refractivity contribution in [2.45, 2.75) is 58.4 Å². The summed E-state index contributed by atoms with van der Waals surface area (Å²) in [6, 6.07) is 0. The Kier molecular flexibility index (Phi) is 5.67. The molecule has 1 amide bonds. The summed E-state index contributed by atoms with van der Waals surface area (Å²) in [4.78, 5) is 17.4. The standard InChI is InChI=1S/C17H33N3O/c1-4-19(5-2)12-14-9-11-20(13-14)16(21)15-8-6-7-10-17(15,3)18/h14-15H,4-13,18H2,1-3H3. The van der Waals surface area contributed by atoms with Gasteiger partial charge in [-0.2, -0.15) is 0 Å². The molecule has 1 saturated carbocycles. The Morgan fingerprint density at radius 2 is 2.00 bits per heavy atom. The molecule has 2 rings (SSSR count). The number of carbonyl (C=O) groups excluding carboxylic acids is 1. The third kappa shape index (κ3) is 3.98. The van der Waals surface area contributed by atoms with Crippen LogP contribution < -0.4 is 5.73 Å². The van der Waals surface area contributed by atoms with Gasteiger partial charge >= 0.3 is 0 Å². The first kappa shape index (κ1) is 16.8. The maximum atomic E-state index is 12.8. The first-order chi connectivity index (χ1) is 9.97. The Balaban J connectivity index is 1.90. The van der Waals surface area contributed by atoms with E-state index in [1.165, 1.54) is 6.42 Å². The zero-order valence-electron chi connectivity index (χ0n) is 14.1. The van der Waals surface area contributed by atoms with E-state index in [-0.39, 0.29) is 11.5 Å². The summed E-state index contributed by atoms with van der Waals surface area (Å²) in [6.07, 6.45) is 5.43. The predicted octanol–water partition coefficient (Wildman–Crippen LogP) is 2.08. The number of nitrogens with two attached hydrogens (primary N) is 1. The van der Waals surface area contributed by atoms with Crippen LogP contribution in [0.4, 0.5) is 0 Å². The fraction of sp³-hybridized carbons (Fsp3) is 0.941. The van der Waals surface area contributed by atoms with Crippen LogP contribution in [-0.2, 0) is 4.79 Å². The van der Waals surface area contributed by atoms with Crippen LogP contribution in [0.3, 0.4) is 0 Å². The molecule has 2 fully saturated rings. The summed E-state index contributed by atoms with van der Waals surface area (Å²) >= 11 is 0. The molecule has 4 heteroatoms. The van der Waals surface area contributed by atoms with E-state index in [9.17, 15) is 4.79 Å². The topological polar surface area (TPSA) is 49.6 Å². The van der Waals surface area contributed by atoms with Crippen molar-refractivity contribution in [1.82, 2.24) is 9.80 Å². The third-order valence-electron chi connectivity index (χ3n) is 5.56. The minimum absolute atomic E-state index is 0.0402. The molecule has 2 N–H and O–H groups in total. The molecule has 4 nitrogen and oxygen atoms in total. The summed E-state index contributed by atoms with van der Waals surface area (Å²) in [5.74, 6) is 1.00. The molecule has 3 unspecified atom stereocenters. The van der Waals surface area contributed by atoms with Crippen LogP contribution in [0.2, 0.25) is 0 Å². The molecule has 2 aliphatic rings. The molecular weight excluding hydrogens is 262 g/mol. The molecule has 0 aromatic carbocycles. The lowest BCUT2D eigenvalue weighted by Crippen LogP contribution is -2.53. The monoisotopic (exact) mass is 295 g/mol. The Hall–Kier alpha value is -0.610. The van der Waals surface area contributed by atoms with Crippen molar-refractivity contribution in [1.29, 1.82) is 0 Å². The lowest BCUT2D eigenvalue weighted by molar-refractivity contribution is -0.138. The molecule has 3 atom stereocenters. The van der Waals surface area contributed by atoms with Crippen LogP contribution in [0.1, 0.15) is 52.9 Å². The Labute approximate surface area is 130 Å². The van der Waals surface area contributed by atoms with Gasteiger partial charge in [-0.1, -0.05) is 26.7 Å². The molecule has 0 aromatic heterocycles. The molecule has 122 valence electrons. The highest BCUT2D eigenvalue weighted by atomic mass is 16.2.